The molecule has 0 unspecified atom stereocenters. The van der Waals surface area contributed by atoms with Crippen LogP contribution in [-0.2, 0) is 0 Å². The second kappa shape index (κ2) is 7.79. The second-order valence-corrected chi connectivity index (χ2v) is 4.66. The standard InChI is InChI=1S/C15H24N2O2/c1-4-17(5-2)10-6-9-16-15(19)13-11-12(3)7-8-14(13)18/h7-8,11,18H,4-6,9-10H2,1-3H3,(H,16,19). The number of amides is 1. The topological polar surface area (TPSA) is 52.6 Å². The third-order valence-corrected chi connectivity index (χ3v) is 3.23. The number of nitrogens with zero attached hydrogens (tertiary/aromatic N) is 1. The van der Waals surface area contributed by atoms with Crippen molar-refractivity contribution in [3.8, 4) is 5.75 Å². The number of carbonyl (C=O) groups is 1. The summed E-state index contributed by atoms with van der Waals surface area (Å²) < 4.78 is 0. The van der Waals surface area contributed by atoms with Gasteiger partial charge in [-0.1, -0.05) is 25.5 Å². The van der Waals surface area contributed by atoms with Crippen LogP contribution in [0.5, 0.6) is 5.75 Å². The molecule has 1 rings (SSSR count). The molecule has 1 amide bonds. The van der Waals surface area contributed by atoms with Gasteiger partial charge in [-0.05, 0) is 45.1 Å². The predicted molar refractivity (Wildman–Crippen MR) is 77.6 cm³/mol. The van der Waals surface area contributed by atoms with Crippen molar-refractivity contribution in [1.29, 1.82) is 0 Å². The van der Waals surface area contributed by atoms with Crippen LogP contribution < -0.4 is 5.32 Å². The van der Waals surface area contributed by atoms with Crippen molar-refractivity contribution in [3.05, 3.63) is 29.3 Å². The largest absolute Gasteiger partial charge is 0.507 e. The summed E-state index contributed by atoms with van der Waals surface area (Å²) in [5.74, 6) is -0.174. The highest BCUT2D eigenvalue weighted by Gasteiger charge is 2.10. The van der Waals surface area contributed by atoms with Gasteiger partial charge in [0, 0.05) is 6.54 Å². The monoisotopic (exact) mass is 264 g/mol. The Hall–Kier alpha value is -1.55. The minimum atomic E-state index is -0.208. The Balaban J connectivity index is 2.41. The third kappa shape index (κ3) is 4.91. The van der Waals surface area contributed by atoms with Crippen LogP contribution in [0.2, 0.25) is 0 Å². The van der Waals surface area contributed by atoms with Gasteiger partial charge in [0.25, 0.3) is 5.91 Å². The molecule has 0 bridgehead atoms. The molecule has 0 aromatic heterocycles. The predicted octanol–water partition coefficient (Wildman–Crippen LogP) is 2.16. The van der Waals surface area contributed by atoms with E-state index < -0.39 is 0 Å². The molecule has 0 radical (unpaired) electrons. The van der Waals surface area contributed by atoms with Crippen LogP contribution in [0.15, 0.2) is 18.2 Å². The van der Waals surface area contributed by atoms with E-state index in [1.165, 1.54) is 0 Å². The van der Waals surface area contributed by atoms with Crippen molar-refractivity contribution in [3.63, 3.8) is 0 Å². The summed E-state index contributed by atoms with van der Waals surface area (Å²) >= 11 is 0. The molecular formula is C15H24N2O2. The molecule has 0 fully saturated rings. The van der Waals surface area contributed by atoms with Gasteiger partial charge in [-0.3, -0.25) is 4.79 Å². The lowest BCUT2D eigenvalue weighted by atomic mass is 10.1. The summed E-state index contributed by atoms with van der Waals surface area (Å²) in [4.78, 5) is 14.2. The van der Waals surface area contributed by atoms with Crippen LogP contribution in [-0.4, -0.2) is 42.1 Å². The first-order valence-electron chi connectivity index (χ1n) is 6.88. The van der Waals surface area contributed by atoms with Crippen molar-refractivity contribution in [2.24, 2.45) is 0 Å². The minimum Gasteiger partial charge on any atom is -0.507 e. The van der Waals surface area contributed by atoms with Crippen molar-refractivity contribution >= 4 is 5.91 Å². The number of carbonyl (C=O) groups excluding carboxylic acids is 1. The number of phenols is 1. The zero-order valence-electron chi connectivity index (χ0n) is 12.1. The summed E-state index contributed by atoms with van der Waals surface area (Å²) in [6, 6.07) is 5.04. The van der Waals surface area contributed by atoms with E-state index in [1.54, 1.807) is 18.2 Å². The fourth-order valence-electron chi connectivity index (χ4n) is 1.97. The van der Waals surface area contributed by atoms with Crippen LogP contribution in [0.4, 0.5) is 0 Å². The van der Waals surface area contributed by atoms with Gasteiger partial charge in [0.05, 0.1) is 5.56 Å². The highest BCUT2D eigenvalue weighted by Crippen LogP contribution is 2.17. The lowest BCUT2D eigenvalue weighted by Gasteiger charge is -2.17. The van der Waals surface area contributed by atoms with Crippen LogP contribution >= 0.6 is 0 Å². The number of phenolic OH excluding ortho intramolecular Hbond substituents is 1. The summed E-state index contributed by atoms with van der Waals surface area (Å²) in [5.41, 5.74) is 1.31. The number of rotatable bonds is 7. The zero-order valence-corrected chi connectivity index (χ0v) is 12.1. The number of aryl methyl sites for hydroxylation is 1. The molecule has 19 heavy (non-hydrogen) atoms. The number of nitrogens with one attached hydrogen (secondary N) is 1. The molecule has 0 spiro atoms. The molecule has 0 atom stereocenters. The highest BCUT2D eigenvalue weighted by molar-refractivity contribution is 5.96. The molecule has 2 N–H and O–H groups in total. The van der Waals surface area contributed by atoms with Crippen LogP contribution in [0.3, 0.4) is 0 Å². The molecule has 4 nitrogen and oxygen atoms in total. The molecule has 1 aromatic rings. The zero-order chi connectivity index (χ0) is 14.3. The summed E-state index contributed by atoms with van der Waals surface area (Å²) in [5, 5.41) is 12.5. The summed E-state index contributed by atoms with van der Waals surface area (Å²) in [6.07, 6.45) is 0.917. The number of benzene rings is 1. The fraction of sp³-hybridized carbons (Fsp3) is 0.533. The third-order valence-electron chi connectivity index (χ3n) is 3.23. The molecule has 0 aliphatic carbocycles. The van der Waals surface area contributed by atoms with Crippen LogP contribution in [0.25, 0.3) is 0 Å². The van der Waals surface area contributed by atoms with Gasteiger partial charge in [0.1, 0.15) is 5.75 Å². The first-order chi connectivity index (χ1) is 9.08. The van der Waals surface area contributed by atoms with E-state index in [2.05, 4.69) is 24.1 Å². The molecule has 0 aliphatic rings. The van der Waals surface area contributed by atoms with E-state index in [1.807, 2.05) is 6.92 Å². The Morgan fingerprint density at radius 3 is 2.63 bits per heavy atom. The quantitative estimate of drug-likeness (QED) is 0.742. The number of hydrogen-bond acceptors (Lipinski definition) is 3. The number of aromatic hydroxyl groups is 1. The Morgan fingerprint density at radius 2 is 2.00 bits per heavy atom. The van der Waals surface area contributed by atoms with E-state index in [9.17, 15) is 9.90 Å². The van der Waals surface area contributed by atoms with E-state index >= 15 is 0 Å². The Kier molecular flexibility index (Phi) is 6.36. The molecule has 0 saturated heterocycles. The minimum absolute atomic E-state index is 0.0341. The van der Waals surface area contributed by atoms with Gasteiger partial charge in [-0.15, -0.1) is 0 Å². The van der Waals surface area contributed by atoms with Crippen LogP contribution in [0.1, 0.15) is 36.2 Å². The normalized spacial score (nSPS) is 10.7. The second-order valence-electron chi connectivity index (χ2n) is 4.66. The Morgan fingerprint density at radius 1 is 1.32 bits per heavy atom. The summed E-state index contributed by atoms with van der Waals surface area (Å²) in [6.45, 7) is 9.83. The van der Waals surface area contributed by atoms with Crippen LogP contribution in [0, 0.1) is 6.92 Å². The SMILES string of the molecule is CCN(CC)CCCNC(=O)c1cc(C)ccc1O. The van der Waals surface area contributed by atoms with E-state index in [4.69, 9.17) is 0 Å². The van der Waals surface area contributed by atoms with E-state index in [0.29, 0.717) is 12.1 Å². The van der Waals surface area contributed by atoms with E-state index in [-0.39, 0.29) is 11.7 Å². The van der Waals surface area contributed by atoms with Crippen molar-refractivity contribution in [2.75, 3.05) is 26.2 Å². The molecule has 4 heteroatoms. The van der Waals surface area contributed by atoms with Crippen molar-refractivity contribution in [1.82, 2.24) is 10.2 Å². The molecule has 0 heterocycles. The molecule has 1 aromatic carbocycles. The van der Waals surface area contributed by atoms with Gasteiger partial charge in [0.2, 0.25) is 0 Å². The summed E-state index contributed by atoms with van der Waals surface area (Å²) in [7, 11) is 0. The lowest BCUT2D eigenvalue weighted by Crippen LogP contribution is -2.30. The van der Waals surface area contributed by atoms with Gasteiger partial charge in [-0.2, -0.15) is 0 Å². The number of hydrogen-bond donors (Lipinski definition) is 2. The average molecular weight is 264 g/mol. The van der Waals surface area contributed by atoms with Gasteiger partial charge in [0.15, 0.2) is 0 Å². The van der Waals surface area contributed by atoms with E-state index in [0.717, 1.165) is 31.6 Å². The Bertz CT molecular complexity index is 415. The van der Waals surface area contributed by atoms with Crippen molar-refractivity contribution < 1.29 is 9.90 Å². The fourth-order valence-corrected chi connectivity index (χ4v) is 1.97. The molecular weight excluding hydrogens is 240 g/mol. The Labute approximate surface area is 115 Å². The maximum Gasteiger partial charge on any atom is 0.255 e. The first-order valence-corrected chi connectivity index (χ1v) is 6.88. The first kappa shape index (κ1) is 15.5. The van der Waals surface area contributed by atoms with Gasteiger partial charge < -0.3 is 15.3 Å². The molecule has 106 valence electrons. The van der Waals surface area contributed by atoms with Gasteiger partial charge >= 0.3 is 0 Å². The smallest absolute Gasteiger partial charge is 0.255 e. The van der Waals surface area contributed by atoms with Crippen molar-refractivity contribution in [2.45, 2.75) is 27.2 Å². The highest BCUT2D eigenvalue weighted by atomic mass is 16.3. The molecule has 0 aliphatic heterocycles. The maximum absolute atomic E-state index is 11.9. The average Bonchev–Trinajstić information content (AvgIpc) is 2.41. The lowest BCUT2D eigenvalue weighted by molar-refractivity contribution is 0.0949. The van der Waals surface area contributed by atoms with Gasteiger partial charge in [-0.25, -0.2) is 0 Å². The molecule has 0 saturated carbocycles. The maximum atomic E-state index is 11.9.